The summed E-state index contributed by atoms with van der Waals surface area (Å²) in [7, 11) is 0. The predicted octanol–water partition coefficient (Wildman–Crippen LogP) is 6.57. The van der Waals surface area contributed by atoms with Gasteiger partial charge in [0.2, 0.25) is 0 Å². The quantitative estimate of drug-likeness (QED) is 0.393. The standard InChI is InChI=1S/C22H21F5/c1-3-4-15(2)18-9-7-16(8-10-18)5-6-17-13-20(23)19(21(24)14-17)11-12-22(25,26)27/h7-10,13-15H,3-6H2,1-2H3. The van der Waals surface area contributed by atoms with Gasteiger partial charge in [-0.05, 0) is 54.0 Å². The third-order valence-corrected chi connectivity index (χ3v) is 4.40. The molecule has 0 saturated carbocycles. The zero-order valence-electron chi connectivity index (χ0n) is 15.3. The summed E-state index contributed by atoms with van der Waals surface area (Å²) in [5, 5.41) is 0. The molecule has 0 radical (unpaired) electrons. The van der Waals surface area contributed by atoms with Crippen molar-refractivity contribution >= 4 is 0 Å². The lowest BCUT2D eigenvalue weighted by atomic mass is 9.94. The summed E-state index contributed by atoms with van der Waals surface area (Å²) >= 11 is 0. The summed E-state index contributed by atoms with van der Waals surface area (Å²) < 4.78 is 64.1. The van der Waals surface area contributed by atoms with Crippen LogP contribution in [-0.4, -0.2) is 6.18 Å². The van der Waals surface area contributed by atoms with E-state index in [2.05, 4.69) is 26.0 Å². The lowest BCUT2D eigenvalue weighted by Gasteiger charge is -2.11. The number of halogens is 5. The molecule has 2 aromatic rings. The Hall–Kier alpha value is -2.35. The van der Waals surface area contributed by atoms with Gasteiger partial charge >= 0.3 is 6.18 Å². The molecule has 0 saturated heterocycles. The van der Waals surface area contributed by atoms with Crippen molar-refractivity contribution < 1.29 is 22.0 Å². The summed E-state index contributed by atoms with van der Waals surface area (Å²) in [4.78, 5) is 0. The predicted molar refractivity (Wildman–Crippen MR) is 96.5 cm³/mol. The highest BCUT2D eigenvalue weighted by Gasteiger charge is 2.23. The Morgan fingerprint density at radius 2 is 1.48 bits per heavy atom. The summed E-state index contributed by atoms with van der Waals surface area (Å²) in [6.45, 7) is 4.32. The minimum Gasteiger partial charge on any atom is -0.206 e. The lowest BCUT2D eigenvalue weighted by Crippen LogP contribution is -2.03. The molecule has 2 rings (SSSR count). The summed E-state index contributed by atoms with van der Waals surface area (Å²) in [5.74, 6) is 0.742. The van der Waals surface area contributed by atoms with Crippen LogP contribution in [0.2, 0.25) is 0 Å². The monoisotopic (exact) mass is 380 g/mol. The van der Waals surface area contributed by atoms with E-state index in [1.54, 1.807) is 0 Å². The van der Waals surface area contributed by atoms with Crippen LogP contribution in [0.3, 0.4) is 0 Å². The summed E-state index contributed by atoms with van der Waals surface area (Å²) in [5.41, 5.74) is 1.81. The molecule has 0 spiro atoms. The van der Waals surface area contributed by atoms with Crippen molar-refractivity contribution in [2.45, 2.75) is 51.6 Å². The Balaban J connectivity index is 2.07. The molecule has 1 atom stereocenters. The van der Waals surface area contributed by atoms with E-state index >= 15 is 0 Å². The van der Waals surface area contributed by atoms with E-state index in [0.29, 0.717) is 24.3 Å². The van der Waals surface area contributed by atoms with Gasteiger partial charge in [0.25, 0.3) is 0 Å². The van der Waals surface area contributed by atoms with Gasteiger partial charge in [0.1, 0.15) is 11.6 Å². The van der Waals surface area contributed by atoms with Crippen molar-refractivity contribution in [3.8, 4) is 11.8 Å². The first-order valence-corrected chi connectivity index (χ1v) is 8.86. The molecule has 5 heteroatoms. The molecular formula is C22H21F5. The zero-order valence-corrected chi connectivity index (χ0v) is 15.3. The number of alkyl halides is 3. The Morgan fingerprint density at radius 3 is 2.00 bits per heavy atom. The zero-order chi connectivity index (χ0) is 20.0. The van der Waals surface area contributed by atoms with Gasteiger partial charge < -0.3 is 0 Å². The molecule has 0 bridgehead atoms. The first-order valence-electron chi connectivity index (χ1n) is 8.86. The van der Waals surface area contributed by atoms with Gasteiger partial charge in [0, 0.05) is 5.92 Å². The maximum absolute atomic E-state index is 13.9. The van der Waals surface area contributed by atoms with E-state index in [1.807, 2.05) is 12.1 Å². The van der Waals surface area contributed by atoms with Crippen molar-refractivity contribution in [3.05, 3.63) is 70.3 Å². The molecule has 0 aliphatic rings. The topological polar surface area (TPSA) is 0 Å². The molecule has 2 aromatic carbocycles. The fourth-order valence-corrected chi connectivity index (χ4v) is 2.92. The minimum absolute atomic E-state index is 0.380. The molecule has 27 heavy (non-hydrogen) atoms. The number of hydrogen-bond acceptors (Lipinski definition) is 0. The molecule has 0 amide bonds. The van der Waals surface area contributed by atoms with E-state index in [0.717, 1.165) is 36.5 Å². The average Bonchev–Trinajstić information content (AvgIpc) is 2.59. The largest absolute Gasteiger partial charge is 0.458 e. The maximum Gasteiger partial charge on any atom is 0.458 e. The Morgan fingerprint density at radius 1 is 0.926 bits per heavy atom. The third-order valence-electron chi connectivity index (χ3n) is 4.40. The van der Waals surface area contributed by atoms with Crippen molar-refractivity contribution in [2.75, 3.05) is 0 Å². The van der Waals surface area contributed by atoms with Gasteiger partial charge in [-0.15, -0.1) is 0 Å². The summed E-state index contributed by atoms with van der Waals surface area (Å²) in [6, 6.07) is 10.2. The van der Waals surface area contributed by atoms with E-state index in [9.17, 15) is 22.0 Å². The van der Waals surface area contributed by atoms with E-state index in [4.69, 9.17) is 0 Å². The third kappa shape index (κ3) is 6.39. The fraction of sp³-hybridized carbons (Fsp3) is 0.364. The SMILES string of the molecule is CCCC(C)c1ccc(CCc2cc(F)c(C#CC(F)(F)F)c(F)c2)cc1. The van der Waals surface area contributed by atoms with Gasteiger partial charge in [-0.25, -0.2) is 8.78 Å². The highest BCUT2D eigenvalue weighted by atomic mass is 19.4. The van der Waals surface area contributed by atoms with E-state index < -0.39 is 23.4 Å². The number of hydrogen-bond donors (Lipinski definition) is 0. The molecule has 0 N–H and O–H groups in total. The van der Waals surface area contributed by atoms with Crippen molar-refractivity contribution in [1.82, 2.24) is 0 Å². The molecule has 0 aliphatic heterocycles. The highest BCUT2D eigenvalue weighted by molar-refractivity contribution is 5.40. The molecule has 0 aliphatic carbocycles. The van der Waals surface area contributed by atoms with Crippen LogP contribution in [0.1, 0.15) is 54.9 Å². The number of benzene rings is 2. The van der Waals surface area contributed by atoms with Crippen LogP contribution >= 0.6 is 0 Å². The normalized spacial score (nSPS) is 12.4. The van der Waals surface area contributed by atoms with E-state index in [1.165, 1.54) is 11.5 Å². The van der Waals surface area contributed by atoms with Crippen LogP contribution in [0.25, 0.3) is 0 Å². The average molecular weight is 380 g/mol. The van der Waals surface area contributed by atoms with Crippen molar-refractivity contribution in [2.24, 2.45) is 0 Å². The smallest absolute Gasteiger partial charge is 0.206 e. The molecule has 0 heterocycles. The molecule has 0 aromatic heterocycles. The first kappa shape index (κ1) is 21.0. The second kappa shape index (κ2) is 9.03. The van der Waals surface area contributed by atoms with Crippen LogP contribution in [0, 0.1) is 23.5 Å². The fourth-order valence-electron chi connectivity index (χ4n) is 2.92. The van der Waals surface area contributed by atoms with Gasteiger partial charge in [0.15, 0.2) is 0 Å². The van der Waals surface area contributed by atoms with Crippen LogP contribution in [0.4, 0.5) is 22.0 Å². The van der Waals surface area contributed by atoms with Crippen LogP contribution in [-0.2, 0) is 12.8 Å². The second-order valence-electron chi connectivity index (χ2n) is 6.61. The van der Waals surface area contributed by atoms with Gasteiger partial charge in [-0.2, -0.15) is 13.2 Å². The summed E-state index contributed by atoms with van der Waals surface area (Å²) in [6.07, 6.45) is -1.61. The highest BCUT2D eigenvalue weighted by Crippen LogP contribution is 2.22. The number of aryl methyl sites for hydroxylation is 2. The van der Waals surface area contributed by atoms with Crippen LogP contribution < -0.4 is 0 Å². The lowest BCUT2D eigenvalue weighted by molar-refractivity contribution is -0.0696. The Labute approximate surface area is 156 Å². The molecule has 0 nitrogen and oxygen atoms in total. The number of rotatable bonds is 6. The Kier molecular flexibility index (Phi) is 7.01. The van der Waals surface area contributed by atoms with Crippen molar-refractivity contribution in [3.63, 3.8) is 0 Å². The molecule has 144 valence electrons. The Bertz CT molecular complexity index is 800. The van der Waals surface area contributed by atoms with Crippen molar-refractivity contribution in [1.29, 1.82) is 0 Å². The minimum atomic E-state index is -4.79. The van der Waals surface area contributed by atoms with Gasteiger partial charge in [0.05, 0.1) is 5.56 Å². The second-order valence-corrected chi connectivity index (χ2v) is 6.61. The van der Waals surface area contributed by atoms with Gasteiger partial charge in [-0.3, -0.25) is 0 Å². The maximum atomic E-state index is 13.9. The first-order chi connectivity index (χ1) is 12.7. The van der Waals surface area contributed by atoms with Crippen LogP contribution in [0.5, 0.6) is 0 Å². The molecular weight excluding hydrogens is 359 g/mol. The van der Waals surface area contributed by atoms with Crippen LogP contribution in [0.15, 0.2) is 36.4 Å². The molecule has 0 fully saturated rings. The van der Waals surface area contributed by atoms with Gasteiger partial charge in [-0.1, -0.05) is 50.5 Å². The van der Waals surface area contributed by atoms with E-state index in [-0.39, 0.29) is 0 Å². The molecule has 1 unspecified atom stereocenters.